The van der Waals surface area contributed by atoms with E-state index in [1.165, 1.54) is 0 Å². The highest BCUT2D eigenvalue weighted by molar-refractivity contribution is 5.86. The predicted molar refractivity (Wildman–Crippen MR) is 75.0 cm³/mol. The quantitative estimate of drug-likeness (QED) is 0.648. The van der Waals surface area contributed by atoms with Crippen LogP contribution < -0.4 is 10.6 Å². The molecule has 20 heavy (non-hydrogen) atoms. The summed E-state index contributed by atoms with van der Waals surface area (Å²) in [5.74, 6) is -0.172. The second-order valence-electron chi connectivity index (χ2n) is 6.18. The van der Waals surface area contributed by atoms with Gasteiger partial charge in [0.1, 0.15) is 0 Å². The number of hydrogen-bond donors (Lipinski definition) is 3. The van der Waals surface area contributed by atoms with E-state index in [1.54, 1.807) is 4.90 Å². The van der Waals surface area contributed by atoms with Crippen molar-refractivity contribution in [3.63, 3.8) is 0 Å². The summed E-state index contributed by atoms with van der Waals surface area (Å²) < 4.78 is 0. The lowest BCUT2D eigenvalue weighted by atomic mass is 9.73. The summed E-state index contributed by atoms with van der Waals surface area (Å²) in [6, 6.07) is 0. The maximum atomic E-state index is 11.9. The van der Waals surface area contributed by atoms with E-state index in [4.69, 9.17) is 0 Å². The fraction of sp³-hybridized carbons (Fsp3) is 0.857. The highest BCUT2D eigenvalue weighted by Crippen LogP contribution is 2.35. The van der Waals surface area contributed by atoms with Crippen LogP contribution in [0.4, 0.5) is 0 Å². The highest BCUT2D eigenvalue weighted by Gasteiger charge is 2.35. The Hall–Kier alpha value is -1.14. The van der Waals surface area contributed by atoms with Gasteiger partial charge in [-0.2, -0.15) is 0 Å². The first-order valence-corrected chi connectivity index (χ1v) is 7.44. The van der Waals surface area contributed by atoms with Crippen molar-refractivity contribution in [2.45, 2.75) is 38.7 Å². The number of aliphatic hydroxyl groups is 1. The molecular weight excluding hydrogens is 258 g/mol. The lowest BCUT2D eigenvalue weighted by Gasteiger charge is -2.38. The standard InChI is InChI=1S/C14H25N3O3/c1-14(5-3-2-4-11(14)18)10-16-12(19)9-17-7-6-15-8-13(17)20/h11,15,18H,2-10H2,1H3,(H,16,19). The van der Waals surface area contributed by atoms with Crippen molar-refractivity contribution in [1.82, 2.24) is 15.5 Å². The molecule has 2 atom stereocenters. The minimum Gasteiger partial charge on any atom is -0.392 e. The average Bonchev–Trinajstić information content (AvgIpc) is 2.43. The fourth-order valence-electron chi connectivity index (χ4n) is 2.93. The van der Waals surface area contributed by atoms with E-state index >= 15 is 0 Å². The van der Waals surface area contributed by atoms with Crippen molar-refractivity contribution < 1.29 is 14.7 Å². The molecule has 0 bridgehead atoms. The van der Waals surface area contributed by atoms with Crippen molar-refractivity contribution in [2.24, 2.45) is 5.41 Å². The number of hydrogen-bond acceptors (Lipinski definition) is 4. The van der Waals surface area contributed by atoms with E-state index in [-0.39, 0.29) is 29.9 Å². The summed E-state index contributed by atoms with van der Waals surface area (Å²) in [5.41, 5.74) is -0.235. The van der Waals surface area contributed by atoms with E-state index < -0.39 is 0 Å². The maximum absolute atomic E-state index is 11.9. The second-order valence-corrected chi connectivity index (χ2v) is 6.18. The minimum atomic E-state index is -0.350. The smallest absolute Gasteiger partial charge is 0.239 e. The van der Waals surface area contributed by atoms with Gasteiger partial charge in [-0.1, -0.05) is 19.8 Å². The second kappa shape index (κ2) is 6.54. The van der Waals surface area contributed by atoms with Crippen molar-refractivity contribution >= 4 is 11.8 Å². The molecule has 2 rings (SSSR count). The summed E-state index contributed by atoms with van der Waals surface area (Å²) in [4.78, 5) is 25.1. The molecule has 2 aliphatic rings. The Kier molecular flexibility index (Phi) is 4.99. The molecule has 6 heteroatoms. The summed E-state index contributed by atoms with van der Waals surface area (Å²) in [5, 5.41) is 15.9. The Balaban J connectivity index is 1.78. The molecule has 1 saturated heterocycles. The average molecular weight is 283 g/mol. The van der Waals surface area contributed by atoms with Crippen LogP contribution in [0, 0.1) is 5.41 Å². The molecule has 0 aromatic rings. The molecule has 6 nitrogen and oxygen atoms in total. The van der Waals surface area contributed by atoms with E-state index in [1.807, 2.05) is 6.92 Å². The van der Waals surface area contributed by atoms with Gasteiger partial charge in [0.25, 0.3) is 0 Å². The van der Waals surface area contributed by atoms with Gasteiger partial charge in [0.15, 0.2) is 0 Å². The number of rotatable bonds is 4. The molecule has 0 spiro atoms. The van der Waals surface area contributed by atoms with E-state index in [0.717, 1.165) is 32.2 Å². The molecule has 0 radical (unpaired) electrons. The molecule has 2 amide bonds. The Morgan fingerprint density at radius 3 is 3.05 bits per heavy atom. The van der Waals surface area contributed by atoms with Crippen LogP contribution in [-0.4, -0.2) is 60.6 Å². The monoisotopic (exact) mass is 283 g/mol. The molecule has 114 valence electrons. The molecule has 1 aliphatic heterocycles. The number of nitrogens with one attached hydrogen (secondary N) is 2. The fourth-order valence-corrected chi connectivity index (χ4v) is 2.93. The lowest BCUT2D eigenvalue weighted by Crippen LogP contribution is -2.52. The third-order valence-corrected chi connectivity index (χ3v) is 4.49. The molecule has 1 aliphatic carbocycles. The SMILES string of the molecule is CC1(CNC(=O)CN2CCNCC2=O)CCCCC1O. The third kappa shape index (κ3) is 3.70. The number of carbonyl (C=O) groups is 2. The summed E-state index contributed by atoms with van der Waals surface area (Å²) >= 11 is 0. The Bertz CT molecular complexity index is 375. The van der Waals surface area contributed by atoms with Crippen LogP contribution in [0.15, 0.2) is 0 Å². The Morgan fingerprint density at radius 1 is 1.55 bits per heavy atom. The highest BCUT2D eigenvalue weighted by atomic mass is 16.3. The molecule has 0 aromatic heterocycles. The zero-order valence-electron chi connectivity index (χ0n) is 12.2. The zero-order chi connectivity index (χ0) is 14.6. The van der Waals surface area contributed by atoms with Gasteiger partial charge in [0.05, 0.1) is 19.2 Å². The van der Waals surface area contributed by atoms with Crippen LogP contribution in [0.3, 0.4) is 0 Å². The van der Waals surface area contributed by atoms with E-state index in [2.05, 4.69) is 10.6 Å². The first-order valence-electron chi connectivity index (χ1n) is 7.44. The van der Waals surface area contributed by atoms with Crippen molar-refractivity contribution in [2.75, 3.05) is 32.7 Å². The summed E-state index contributed by atoms with van der Waals surface area (Å²) in [6.45, 7) is 4.23. The number of nitrogens with zero attached hydrogens (tertiary/aromatic N) is 1. The van der Waals surface area contributed by atoms with Gasteiger partial charge in [0.2, 0.25) is 11.8 Å². The zero-order valence-corrected chi connectivity index (χ0v) is 12.2. The van der Waals surface area contributed by atoms with Gasteiger partial charge in [-0.05, 0) is 12.8 Å². The molecular formula is C14H25N3O3. The van der Waals surface area contributed by atoms with Crippen LogP contribution in [0.2, 0.25) is 0 Å². The lowest BCUT2D eigenvalue weighted by molar-refractivity contribution is -0.137. The molecule has 2 fully saturated rings. The minimum absolute atomic E-state index is 0.0321. The van der Waals surface area contributed by atoms with Crippen molar-refractivity contribution in [3.8, 4) is 0 Å². The number of carbonyl (C=O) groups excluding carboxylic acids is 2. The first kappa shape index (κ1) is 15.3. The predicted octanol–water partition coefficient (Wildman–Crippen LogP) is -0.524. The molecule has 0 aromatic carbocycles. The first-order chi connectivity index (χ1) is 9.51. The van der Waals surface area contributed by atoms with E-state index in [9.17, 15) is 14.7 Å². The molecule has 1 saturated carbocycles. The van der Waals surface area contributed by atoms with E-state index in [0.29, 0.717) is 19.6 Å². The van der Waals surface area contributed by atoms with Gasteiger partial charge in [0, 0.05) is 25.0 Å². The molecule has 1 heterocycles. The maximum Gasteiger partial charge on any atom is 0.239 e. The van der Waals surface area contributed by atoms with Gasteiger partial charge in [-0.15, -0.1) is 0 Å². The van der Waals surface area contributed by atoms with Gasteiger partial charge in [-0.3, -0.25) is 9.59 Å². The van der Waals surface area contributed by atoms with Crippen molar-refractivity contribution in [3.05, 3.63) is 0 Å². The topological polar surface area (TPSA) is 81.7 Å². The van der Waals surface area contributed by atoms with Gasteiger partial charge in [-0.25, -0.2) is 0 Å². The van der Waals surface area contributed by atoms with Crippen LogP contribution in [0.1, 0.15) is 32.6 Å². The van der Waals surface area contributed by atoms with Crippen LogP contribution in [0.5, 0.6) is 0 Å². The van der Waals surface area contributed by atoms with Crippen LogP contribution in [0.25, 0.3) is 0 Å². The normalized spacial score (nSPS) is 31.2. The van der Waals surface area contributed by atoms with Crippen LogP contribution >= 0.6 is 0 Å². The molecule has 2 unspecified atom stereocenters. The third-order valence-electron chi connectivity index (χ3n) is 4.49. The van der Waals surface area contributed by atoms with Gasteiger partial charge >= 0.3 is 0 Å². The summed E-state index contributed by atoms with van der Waals surface area (Å²) in [7, 11) is 0. The number of aliphatic hydroxyl groups excluding tert-OH is 1. The Labute approximate surface area is 119 Å². The number of amides is 2. The summed E-state index contributed by atoms with van der Waals surface area (Å²) in [6.07, 6.45) is 3.54. The van der Waals surface area contributed by atoms with Crippen LogP contribution in [-0.2, 0) is 9.59 Å². The van der Waals surface area contributed by atoms with Gasteiger partial charge < -0.3 is 20.6 Å². The number of piperazine rings is 1. The van der Waals surface area contributed by atoms with Crippen molar-refractivity contribution in [1.29, 1.82) is 0 Å². The Morgan fingerprint density at radius 2 is 2.35 bits per heavy atom. The largest absolute Gasteiger partial charge is 0.392 e. The molecule has 3 N–H and O–H groups in total.